The van der Waals surface area contributed by atoms with Crippen LogP contribution in [0.4, 0.5) is 4.39 Å². The van der Waals surface area contributed by atoms with Crippen molar-refractivity contribution in [3.63, 3.8) is 0 Å². The molecule has 1 N–H and O–H groups in total. The van der Waals surface area contributed by atoms with Crippen molar-refractivity contribution in [2.45, 2.75) is 0 Å². The third-order valence-electron chi connectivity index (χ3n) is 4.87. The first kappa shape index (κ1) is 16.5. The van der Waals surface area contributed by atoms with E-state index in [1.54, 1.807) is 12.3 Å². The van der Waals surface area contributed by atoms with Gasteiger partial charge in [0.15, 0.2) is 5.65 Å². The van der Waals surface area contributed by atoms with E-state index in [4.69, 9.17) is 11.6 Å². The van der Waals surface area contributed by atoms with Gasteiger partial charge >= 0.3 is 0 Å². The molecule has 2 aromatic carbocycles. The second-order valence-corrected chi connectivity index (χ2v) is 6.83. The summed E-state index contributed by atoms with van der Waals surface area (Å²) in [6.07, 6.45) is 5.41. The molecule has 0 aliphatic heterocycles. The fourth-order valence-electron chi connectivity index (χ4n) is 3.60. The molecule has 28 heavy (non-hydrogen) atoms. The van der Waals surface area contributed by atoms with Crippen molar-refractivity contribution in [2.24, 2.45) is 0 Å². The first-order valence-electron chi connectivity index (χ1n) is 8.59. The number of hydrogen-bond acceptors (Lipinski definition) is 2. The molecule has 0 saturated heterocycles. The lowest BCUT2D eigenvalue weighted by Gasteiger charge is -2.13. The number of rotatable bonds is 2. The first-order chi connectivity index (χ1) is 13.7. The van der Waals surface area contributed by atoms with Gasteiger partial charge in [-0.1, -0.05) is 29.8 Å². The lowest BCUT2D eigenvalue weighted by atomic mass is 9.98. The number of nitrogens with zero attached hydrogens (tertiary/aromatic N) is 3. The molecule has 0 bridgehead atoms. The summed E-state index contributed by atoms with van der Waals surface area (Å²) in [6, 6.07) is 16.3. The van der Waals surface area contributed by atoms with E-state index in [1.165, 1.54) is 12.1 Å². The highest BCUT2D eigenvalue weighted by Crippen LogP contribution is 2.37. The number of fused-ring (bicyclic) bond motifs is 2. The molecular formula is C22H12ClFN4. The monoisotopic (exact) mass is 386 g/mol. The number of pyridine rings is 1. The van der Waals surface area contributed by atoms with Crippen molar-refractivity contribution in [1.82, 2.24) is 14.4 Å². The van der Waals surface area contributed by atoms with Crippen molar-refractivity contribution >= 4 is 28.2 Å². The van der Waals surface area contributed by atoms with E-state index in [2.05, 4.69) is 16.0 Å². The Hall–Kier alpha value is -3.62. The van der Waals surface area contributed by atoms with Gasteiger partial charge < -0.3 is 4.98 Å². The highest BCUT2D eigenvalue weighted by molar-refractivity contribution is 6.33. The maximum atomic E-state index is 13.6. The summed E-state index contributed by atoms with van der Waals surface area (Å²) < 4.78 is 15.4. The average molecular weight is 387 g/mol. The van der Waals surface area contributed by atoms with Gasteiger partial charge in [-0.25, -0.2) is 9.37 Å². The molecule has 6 heteroatoms. The predicted molar refractivity (Wildman–Crippen MR) is 108 cm³/mol. The molecule has 0 unspecified atom stereocenters. The molecule has 0 aliphatic carbocycles. The lowest BCUT2D eigenvalue weighted by Crippen LogP contribution is -1.98. The highest BCUT2D eigenvalue weighted by Gasteiger charge is 2.19. The number of aromatic amines is 1. The fraction of sp³-hybridized carbons (Fsp3) is 0. The number of benzene rings is 2. The topological polar surface area (TPSA) is 56.9 Å². The molecule has 3 aromatic heterocycles. The van der Waals surface area contributed by atoms with Crippen LogP contribution in [0.2, 0.25) is 5.02 Å². The molecule has 3 heterocycles. The van der Waals surface area contributed by atoms with Gasteiger partial charge in [-0.15, -0.1) is 0 Å². The first-order valence-corrected chi connectivity index (χ1v) is 8.97. The van der Waals surface area contributed by atoms with Crippen molar-refractivity contribution in [1.29, 1.82) is 5.26 Å². The number of halogens is 2. The summed E-state index contributed by atoms with van der Waals surface area (Å²) in [5.41, 5.74) is 4.97. The Morgan fingerprint density at radius 3 is 2.75 bits per heavy atom. The minimum absolute atomic E-state index is 0.247. The zero-order valence-corrected chi connectivity index (χ0v) is 15.2. The van der Waals surface area contributed by atoms with Crippen molar-refractivity contribution in [3.05, 3.63) is 83.5 Å². The summed E-state index contributed by atoms with van der Waals surface area (Å²) >= 11 is 6.31. The van der Waals surface area contributed by atoms with Gasteiger partial charge in [0.1, 0.15) is 17.4 Å². The second-order valence-electron chi connectivity index (χ2n) is 6.42. The Bertz CT molecular complexity index is 1410. The number of nitrogens with one attached hydrogen (secondary N) is 1. The van der Waals surface area contributed by atoms with Crippen LogP contribution in [-0.2, 0) is 0 Å². The number of hydrogen-bond donors (Lipinski definition) is 1. The number of nitriles is 1. The Balaban J connectivity index is 1.89. The standard InChI is InChI=1S/C22H12ClFN4/c23-19-9-13(24)5-6-14(19)16-10-21(28-8-7-26-22(28)17(16)11-25)18-12-27-20-4-2-1-3-15(18)20/h1-10,12,27H. The van der Waals surface area contributed by atoms with Gasteiger partial charge in [0.25, 0.3) is 0 Å². The lowest BCUT2D eigenvalue weighted by molar-refractivity contribution is 0.628. The van der Waals surface area contributed by atoms with E-state index < -0.39 is 5.82 Å². The summed E-state index contributed by atoms with van der Waals surface area (Å²) in [5.74, 6) is -0.425. The van der Waals surface area contributed by atoms with Crippen LogP contribution < -0.4 is 0 Å². The molecule has 0 fully saturated rings. The van der Waals surface area contributed by atoms with Crippen LogP contribution >= 0.6 is 11.6 Å². The van der Waals surface area contributed by atoms with E-state index in [0.717, 1.165) is 22.2 Å². The van der Waals surface area contributed by atoms with E-state index in [9.17, 15) is 9.65 Å². The molecule has 4 nitrogen and oxygen atoms in total. The zero-order chi connectivity index (χ0) is 19.3. The predicted octanol–water partition coefficient (Wildman–Crippen LogP) is 5.81. The fourth-order valence-corrected chi connectivity index (χ4v) is 3.87. The largest absolute Gasteiger partial charge is 0.360 e. The van der Waals surface area contributed by atoms with E-state index in [1.807, 2.05) is 47.1 Å². The normalized spacial score (nSPS) is 11.2. The van der Waals surface area contributed by atoms with Crippen LogP contribution in [0, 0.1) is 17.1 Å². The minimum atomic E-state index is -0.425. The number of H-pyrrole nitrogens is 1. The molecule has 5 rings (SSSR count). The van der Waals surface area contributed by atoms with Gasteiger partial charge in [-0.3, -0.25) is 4.40 Å². The molecule has 0 spiro atoms. The summed E-state index contributed by atoms with van der Waals surface area (Å²) in [6.45, 7) is 0. The molecule has 0 saturated carbocycles. The molecule has 0 atom stereocenters. The molecule has 5 aromatic rings. The Labute approximate surface area is 164 Å². The van der Waals surface area contributed by atoms with E-state index in [-0.39, 0.29) is 5.02 Å². The van der Waals surface area contributed by atoms with E-state index in [0.29, 0.717) is 22.3 Å². The zero-order valence-electron chi connectivity index (χ0n) is 14.4. The van der Waals surface area contributed by atoms with Gasteiger partial charge in [0.2, 0.25) is 0 Å². The SMILES string of the molecule is N#Cc1c(-c2ccc(F)cc2Cl)cc(-c2c[nH]c3ccccc23)n2ccnc12. The van der Waals surface area contributed by atoms with Crippen LogP contribution in [0.15, 0.2) is 67.1 Å². The summed E-state index contributed by atoms with van der Waals surface area (Å²) in [5, 5.41) is 11.1. The number of imidazole rings is 1. The quantitative estimate of drug-likeness (QED) is 0.416. The van der Waals surface area contributed by atoms with Gasteiger partial charge in [0, 0.05) is 46.2 Å². The Morgan fingerprint density at radius 2 is 1.93 bits per heavy atom. The Kier molecular flexibility index (Phi) is 3.68. The maximum absolute atomic E-state index is 13.6. The molecule has 134 valence electrons. The van der Waals surface area contributed by atoms with Crippen molar-refractivity contribution < 1.29 is 4.39 Å². The smallest absolute Gasteiger partial charge is 0.155 e. The third kappa shape index (κ3) is 2.39. The maximum Gasteiger partial charge on any atom is 0.155 e. The van der Waals surface area contributed by atoms with Crippen LogP contribution in [-0.4, -0.2) is 14.4 Å². The van der Waals surface area contributed by atoms with Crippen LogP contribution in [0.1, 0.15) is 5.56 Å². The average Bonchev–Trinajstić information content (AvgIpc) is 3.34. The summed E-state index contributed by atoms with van der Waals surface area (Å²) in [4.78, 5) is 7.66. The molecule has 0 radical (unpaired) electrons. The van der Waals surface area contributed by atoms with Crippen LogP contribution in [0.5, 0.6) is 0 Å². The van der Waals surface area contributed by atoms with Gasteiger partial charge in [-0.05, 0) is 30.3 Å². The van der Waals surface area contributed by atoms with E-state index >= 15 is 0 Å². The molecule has 0 amide bonds. The Morgan fingerprint density at radius 1 is 1.07 bits per heavy atom. The third-order valence-corrected chi connectivity index (χ3v) is 5.19. The summed E-state index contributed by atoms with van der Waals surface area (Å²) in [7, 11) is 0. The van der Waals surface area contributed by atoms with Crippen LogP contribution in [0.25, 0.3) is 38.9 Å². The molecular weight excluding hydrogens is 375 g/mol. The minimum Gasteiger partial charge on any atom is -0.360 e. The van der Waals surface area contributed by atoms with Crippen molar-refractivity contribution in [2.75, 3.05) is 0 Å². The van der Waals surface area contributed by atoms with Gasteiger partial charge in [-0.2, -0.15) is 5.26 Å². The highest BCUT2D eigenvalue weighted by atomic mass is 35.5. The van der Waals surface area contributed by atoms with Crippen LogP contribution in [0.3, 0.4) is 0 Å². The van der Waals surface area contributed by atoms with Gasteiger partial charge in [0.05, 0.1) is 10.7 Å². The molecule has 0 aliphatic rings. The van der Waals surface area contributed by atoms with Crippen molar-refractivity contribution in [3.8, 4) is 28.5 Å². The second kappa shape index (κ2) is 6.22. The number of para-hydroxylation sites is 1. The number of aromatic nitrogens is 3.